The van der Waals surface area contributed by atoms with Gasteiger partial charge in [0.05, 0.1) is 17.6 Å². The Kier molecular flexibility index (Phi) is 10.1. The monoisotopic (exact) mass is 598 g/mol. The van der Waals surface area contributed by atoms with E-state index in [0.717, 1.165) is 58.6 Å². The van der Waals surface area contributed by atoms with Gasteiger partial charge in [-0.3, -0.25) is 4.79 Å². The molecule has 0 saturated carbocycles. The minimum atomic E-state index is -5.18. The maximum atomic E-state index is 12.4. The van der Waals surface area contributed by atoms with Crippen LogP contribution >= 0.6 is 11.5 Å². The second kappa shape index (κ2) is 13.6. The number of rotatable bonds is 9. The molecule has 0 atom stereocenters. The van der Waals surface area contributed by atoms with Crippen molar-refractivity contribution >= 4 is 23.5 Å². The largest absolute Gasteiger partial charge is 0.491 e. The Labute approximate surface area is 247 Å². The topological polar surface area (TPSA) is 96.2 Å². The van der Waals surface area contributed by atoms with Gasteiger partial charge >= 0.3 is 18.1 Å². The van der Waals surface area contributed by atoms with Gasteiger partial charge in [0, 0.05) is 17.7 Å². The Bertz CT molecular complexity index is 1470. The van der Waals surface area contributed by atoms with Crippen LogP contribution in [0.15, 0.2) is 36.4 Å². The second-order valence-corrected chi connectivity index (χ2v) is 11.6. The highest BCUT2D eigenvalue weighted by molar-refractivity contribution is 7.09. The molecule has 0 aliphatic carbocycles. The third kappa shape index (κ3) is 7.61. The minimum absolute atomic E-state index is 0.335. The zero-order valence-corrected chi connectivity index (χ0v) is 24.6. The van der Waals surface area contributed by atoms with Crippen LogP contribution < -0.4 is 0 Å². The van der Waals surface area contributed by atoms with Gasteiger partial charge in [0.25, 0.3) is 0 Å². The van der Waals surface area contributed by atoms with E-state index in [0.29, 0.717) is 43.2 Å². The Hall–Kier alpha value is -3.62. The maximum absolute atomic E-state index is 12.4. The summed E-state index contributed by atoms with van der Waals surface area (Å²) in [6.07, 6.45) is -2.14. The molecule has 7 nitrogen and oxygen atoms in total. The van der Waals surface area contributed by atoms with Crippen LogP contribution in [0.2, 0.25) is 0 Å². The lowest BCUT2D eigenvalue weighted by atomic mass is 9.94. The van der Waals surface area contributed by atoms with Crippen LogP contribution in [0.4, 0.5) is 13.2 Å². The molecule has 1 aliphatic rings. The Morgan fingerprint density at radius 3 is 2.55 bits per heavy atom. The van der Waals surface area contributed by atoms with Crippen molar-refractivity contribution < 1.29 is 27.5 Å². The van der Waals surface area contributed by atoms with Crippen LogP contribution in [0.1, 0.15) is 55.9 Å². The number of halogens is 3. The van der Waals surface area contributed by atoms with Gasteiger partial charge in [-0.25, -0.2) is 9.78 Å². The van der Waals surface area contributed by atoms with E-state index in [2.05, 4.69) is 46.9 Å². The van der Waals surface area contributed by atoms with Crippen LogP contribution in [0, 0.1) is 23.2 Å². The van der Waals surface area contributed by atoms with E-state index in [4.69, 9.17) is 4.98 Å². The molecule has 42 heavy (non-hydrogen) atoms. The summed E-state index contributed by atoms with van der Waals surface area (Å²) in [5.74, 6) is -3.20. The average molecular weight is 599 g/mol. The molecule has 2 heterocycles. The van der Waals surface area contributed by atoms with Gasteiger partial charge in [0.1, 0.15) is 5.01 Å². The Morgan fingerprint density at radius 2 is 1.90 bits per heavy atom. The molecule has 1 fully saturated rings. The quantitative estimate of drug-likeness (QED) is 0.208. The maximum Gasteiger partial charge on any atom is 0.491 e. The fourth-order valence-corrected chi connectivity index (χ4v) is 5.95. The van der Waals surface area contributed by atoms with Crippen molar-refractivity contribution in [3.8, 4) is 28.0 Å². The normalized spacial score (nSPS) is 14.6. The number of alkyl halides is 3. The number of benzene rings is 2. The number of hydrogen-bond acceptors (Lipinski definition) is 8. The lowest BCUT2D eigenvalue weighted by Crippen LogP contribution is -2.39. The van der Waals surface area contributed by atoms with Gasteiger partial charge in [-0.05, 0) is 85.4 Å². The molecular weight excluding hydrogens is 565 g/mol. The summed E-state index contributed by atoms with van der Waals surface area (Å²) in [5.41, 5.74) is 5.83. The summed E-state index contributed by atoms with van der Waals surface area (Å²) in [4.78, 5) is 30.0. The van der Waals surface area contributed by atoms with Crippen molar-refractivity contribution in [1.29, 1.82) is 5.26 Å². The number of nitrogens with zero attached hydrogens (tertiary/aromatic N) is 4. The molecule has 1 saturated heterocycles. The predicted octanol–water partition coefficient (Wildman–Crippen LogP) is 6.39. The van der Waals surface area contributed by atoms with Crippen LogP contribution in [-0.4, -0.2) is 52.0 Å². The summed E-state index contributed by atoms with van der Waals surface area (Å²) < 4.78 is 45.9. The highest BCUT2D eigenvalue weighted by atomic mass is 32.1. The summed E-state index contributed by atoms with van der Waals surface area (Å²) in [7, 11) is 0. The summed E-state index contributed by atoms with van der Waals surface area (Å²) >= 11 is 1.30. The molecule has 1 aromatic heterocycles. The Balaban J connectivity index is 1.41. The van der Waals surface area contributed by atoms with E-state index in [1.165, 1.54) is 11.5 Å². The number of piperidine rings is 1. The highest BCUT2D eigenvalue weighted by Gasteiger charge is 2.43. The van der Waals surface area contributed by atoms with Gasteiger partial charge in [-0.2, -0.15) is 22.8 Å². The number of nitriles is 1. The van der Waals surface area contributed by atoms with E-state index in [1.54, 1.807) is 0 Å². The van der Waals surface area contributed by atoms with Gasteiger partial charge in [-0.15, -0.1) is 0 Å². The number of ether oxygens (including phenoxy) is 1. The lowest BCUT2D eigenvalue weighted by Gasteiger charge is -2.30. The van der Waals surface area contributed by atoms with Crippen LogP contribution in [-0.2, 0) is 33.6 Å². The molecule has 11 heteroatoms. The van der Waals surface area contributed by atoms with Crippen LogP contribution in [0.5, 0.6) is 0 Å². The van der Waals surface area contributed by atoms with E-state index in [1.807, 2.05) is 30.3 Å². The molecule has 222 valence electrons. The predicted molar refractivity (Wildman–Crippen MR) is 153 cm³/mol. The first kappa shape index (κ1) is 31.3. The van der Waals surface area contributed by atoms with E-state index in [9.17, 15) is 28.0 Å². The third-order valence-electron chi connectivity index (χ3n) is 7.44. The number of carbonyl (C=O) groups excluding carboxylic acids is 2. The molecule has 0 N–H and O–H groups in total. The van der Waals surface area contributed by atoms with Gasteiger partial charge in [0.15, 0.2) is 5.82 Å². The van der Waals surface area contributed by atoms with Gasteiger partial charge < -0.3 is 9.64 Å². The molecule has 0 radical (unpaired) electrons. The smallest absolute Gasteiger partial charge is 0.386 e. The standard InChI is InChI=1S/C31H33F3N4O3S/c1-4-25-20(10-13-38-14-11-21(12-15-38)29(39)41-30(40)31(32,33)34)6-5-7-26(25)27-36-28(42-37-27)23-9-8-22(16-19(2)3)24(17-23)18-35/h5-9,17,19,21H,4,10-16H2,1-3H3. The first-order valence-electron chi connectivity index (χ1n) is 14.0. The fourth-order valence-electron chi connectivity index (χ4n) is 5.28. The molecule has 3 aromatic rings. The average Bonchev–Trinajstić information content (AvgIpc) is 3.45. The SMILES string of the molecule is CCc1c(CCN2CCC(C(=O)OC(=O)C(F)(F)F)CC2)cccc1-c1nsc(-c2ccc(CC(C)C)c(C#N)c2)n1. The van der Waals surface area contributed by atoms with Crippen LogP contribution in [0.25, 0.3) is 22.0 Å². The van der Waals surface area contributed by atoms with Gasteiger partial charge in [-0.1, -0.05) is 51.1 Å². The van der Waals surface area contributed by atoms with Crippen molar-refractivity contribution in [3.63, 3.8) is 0 Å². The first-order valence-corrected chi connectivity index (χ1v) is 14.8. The molecule has 2 aromatic carbocycles. The van der Waals surface area contributed by atoms with Crippen molar-refractivity contribution in [2.75, 3.05) is 19.6 Å². The Morgan fingerprint density at radius 1 is 1.17 bits per heavy atom. The number of hydrogen-bond donors (Lipinski definition) is 0. The van der Waals surface area contributed by atoms with E-state index < -0.39 is 24.0 Å². The molecule has 0 unspecified atom stereocenters. The number of aromatic nitrogens is 2. The molecule has 4 rings (SSSR count). The van der Waals surface area contributed by atoms with Crippen molar-refractivity contribution in [2.24, 2.45) is 11.8 Å². The highest BCUT2D eigenvalue weighted by Crippen LogP contribution is 2.31. The summed E-state index contributed by atoms with van der Waals surface area (Å²) in [5, 5.41) is 10.4. The zero-order chi connectivity index (χ0) is 30.4. The number of carbonyl (C=O) groups is 2. The minimum Gasteiger partial charge on any atom is -0.386 e. The van der Waals surface area contributed by atoms with Crippen molar-refractivity contribution in [3.05, 3.63) is 58.7 Å². The zero-order valence-electron chi connectivity index (χ0n) is 23.8. The van der Waals surface area contributed by atoms with Crippen molar-refractivity contribution in [1.82, 2.24) is 14.3 Å². The molecular formula is C31H33F3N4O3S. The van der Waals surface area contributed by atoms with E-state index >= 15 is 0 Å². The molecule has 0 bridgehead atoms. The van der Waals surface area contributed by atoms with E-state index in [-0.39, 0.29) is 0 Å². The number of likely N-dealkylation sites (tertiary alicyclic amines) is 1. The van der Waals surface area contributed by atoms with Crippen molar-refractivity contribution in [2.45, 2.75) is 59.1 Å². The molecule has 0 amide bonds. The first-order chi connectivity index (χ1) is 20.0. The molecule has 1 aliphatic heterocycles. The third-order valence-corrected chi connectivity index (χ3v) is 8.21. The second-order valence-electron chi connectivity index (χ2n) is 10.9. The number of esters is 2. The summed E-state index contributed by atoms with van der Waals surface area (Å²) in [6, 6.07) is 14.3. The lowest BCUT2D eigenvalue weighted by molar-refractivity contribution is -0.203. The molecule has 0 spiro atoms. The van der Waals surface area contributed by atoms with Gasteiger partial charge in [0.2, 0.25) is 0 Å². The fraction of sp³-hybridized carbons (Fsp3) is 0.452. The summed E-state index contributed by atoms with van der Waals surface area (Å²) in [6.45, 7) is 8.11. The van der Waals surface area contributed by atoms with Crippen LogP contribution in [0.3, 0.4) is 0 Å².